The average molecular weight is 412 g/mol. The van der Waals surface area contributed by atoms with Crippen molar-refractivity contribution in [2.24, 2.45) is 0 Å². The molecule has 2 saturated heterocycles. The van der Waals surface area contributed by atoms with E-state index in [4.69, 9.17) is 14.7 Å². The summed E-state index contributed by atoms with van der Waals surface area (Å²) in [4.78, 5) is 17.6. The Labute approximate surface area is 179 Å². The second-order valence-corrected chi connectivity index (χ2v) is 8.88. The molecule has 1 unspecified atom stereocenters. The number of likely N-dealkylation sites (tertiary alicyclic amines) is 2. The lowest BCUT2D eigenvalue weighted by Gasteiger charge is -2.63. The van der Waals surface area contributed by atoms with Gasteiger partial charge in [0.2, 0.25) is 0 Å². The van der Waals surface area contributed by atoms with Crippen LogP contribution in [0.15, 0.2) is 24.3 Å². The van der Waals surface area contributed by atoms with Crippen molar-refractivity contribution in [3.05, 3.63) is 35.4 Å². The molecule has 3 fully saturated rings. The second-order valence-electron chi connectivity index (χ2n) is 8.88. The molecule has 0 radical (unpaired) electrons. The molecule has 2 heterocycles. The molecule has 4 rings (SSSR count). The molecule has 1 saturated carbocycles. The smallest absolute Gasteiger partial charge is 0.253 e. The lowest BCUT2D eigenvalue weighted by molar-refractivity contribution is -0.203. The van der Waals surface area contributed by atoms with Gasteiger partial charge in [0, 0.05) is 43.9 Å². The van der Waals surface area contributed by atoms with Gasteiger partial charge in [-0.3, -0.25) is 9.69 Å². The Hall–Kier alpha value is -1.94. The zero-order valence-electron chi connectivity index (χ0n) is 18.0. The highest BCUT2D eigenvalue weighted by Gasteiger charge is 2.56. The first-order valence-electron chi connectivity index (χ1n) is 11.3. The summed E-state index contributed by atoms with van der Waals surface area (Å²) in [6, 6.07) is 9.68. The third-order valence-electron chi connectivity index (χ3n) is 7.29. The number of carbonyl (C=O) groups excluding carboxylic acids is 1. The van der Waals surface area contributed by atoms with Gasteiger partial charge in [0.25, 0.3) is 5.91 Å². The van der Waals surface area contributed by atoms with Gasteiger partial charge in [-0.2, -0.15) is 5.26 Å². The van der Waals surface area contributed by atoms with Crippen molar-refractivity contribution >= 4 is 5.91 Å². The normalized spacial score (nSPS) is 24.4. The van der Waals surface area contributed by atoms with Crippen LogP contribution in [-0.2, 0) is 9.47 Å². The van der Waals surface area contributed by atoms with Crippen molar-refractivity contribution in [3.8, 4) is 6.07 Å². The maximum absolute atomic E-state index is 12.9. The molecule has 0 bridgehead atoms. The van der Waals surface area contributed by atoms with Gasteiger partial charge in [0.05, 0.1) is 31.0 Å². The predicted molar refractivity (Wildman–Crippen MR) is 114 cm³/mol. The quantitative estimate of drug-likeness (QED) is 0.673. The highest BCUT2D eigenvalue weighted by atomic mass is 16.5. The van der Waals surface area contributed by atoms with Crippen molar-refractivity contribution in [1.29, 1.82) is 5.26 Å². The Morgan fingerprint density at radius 3 is 2.67 bits per heavy atom. The van der Waals surface area contributed by atoms with E-state index in [0.717, 1.165) is 32.5 Å². The van der Waals surface area contributed by atoms with E-state index in [0.29, 0.717) is 36.5 Å². The first-order valence-corrected chi connectivity index (χ1v) is 11.3. The van der Waals surface area contributed by atoms with Crippen LogP contribution in [0.2, 0.25) is 0 Å². The number of hydrogen-bond acceptors (Lipinski definition) is 5. The molecule has 6 nitrogen and oxygen atoms in total. The minimum atomic E-state index is 0.0438. The maximum Gasteiger partial charge on any atom is 0.253 e. The number of nitriles is 1. The van der Waals surface area contributed by atoms with Gasteiger partial charge in [0.1, 0.15) is 0 Å². The van der Waals surface area contributed by atoms with Gasteiger partial charge < -0.3 is 14.4 Å². The topological polar surface area (TPSA) is 65.8 Å². The van der Waals surface area contributed by atoms with Gasteiger partial charge in [0.15, 0.2) is 0 Å². The Morgan fingerprint density at radius 1 is 1.20 bits per heavy atom. The zero-order chi connectivity index (χ0) is 21.0. The monoisotopic (exact) mass is 411 g/mol. The van der Waals surface area contributed by atoms with E-state index >= 15 is 0 Å². The number of rotatable bonds is 6. The van der Waals surface area contributed by atoms with Gasteiger partial charge in [-0.15, -0.1) is 0 Å². The number of hydrogen-bond donors (Lipinski definition) is 0. The van der Waals surface area contributed by atoms with Crippen LogP contribution in [0.25, 0.3) is 0 Å². The van der Waals surface area contributed by atoms with E-state index in [9.17, 15) is 4.79 Å². The van der Waals surface area contributed by atoms with Crippen LogP contribution in [0.5, 0.6) is 0 Å². The molecule has 1 amide bonds. The lowest BCUT2D eigenvalue weighted by Crippen LogP contribution is -2.75. The summed E-state index contributed by atoms with van der Waals surface area (Å²) in [6.45, 7) is 3.89. The zero-order valence-corrected chi connectivity index (χ0v) is 18.0. The summed E-state index contributed by atoms with van der Waals surface area (Å²) in [6.07, 6.45) is 8.69. The fourth-order valence-corrected chi connectivity index (χ4v) is 5.66. The fourth-order valence-electron chi connectivity index (χ4n) is 5.66. The number of methoxy groups -OCH3 is 1. The number of amides is 1. The largest absolute Gasteiger partial charge is 0.382 e. The number of piperidine rings is 1. The Kier molecular flexibility index (Phi) is 6.72. The van der Waals surface area contributed by atoms with Crippen molar-refractivity contribution in [2.75, 3.05) is 40.0 Å². The molecule has 0 N–H and O–H groups in total. The third-order valence-corrected chi connectivity index (χ3v) is 7.29. The number of nitrogens with zero attached hydrogens (tertiary/aromatic N) is 3. The molecule has 0 aromatic heterocycles. The summed E-state index contributed by atoms with van der Waals surface area (Å²) >= 11 is 0. The van der Waals surface area contributed by atoms with Crippen molar-refractivity contribution in [3.63, 3.8) is 0 Å². The Morgan fingerprint density at radius 2 is 1.97 bits per heavy atom. The van der Waals surface area contributed by atoms with Crippen LogP contribution in [0.1, 0.15) is 60.9 Å². The molecule has 3 aliphatic rings. The van der Waals surface area contributed by atoms with E-state index in [1.807, 2.05) is 11.0 Å². The maximum atomic E-state index is 12.9. The molecule has 1 spiro atoms. The molecule has 1 atom stereocenters. The van der Waals surface area contributed by atoms with Crippen molar-refractivity contribution in [2.45, 2.75) is 62.6 Å². The molecular weight excluding hydrogens is 378 g/mol. The number of benzene rings is 1. The van der Waals surface area contributed by atoms with Gasteiger partial charge >= 0.3 is 0 Å². The molecule has 1 aromatic rings. The summed E-state index contributed by atoms with van der Waals surface area (Å²) in [7, 11) is 1.72. The van der Waals surface area contributed by atoms with Gasteiger partial charge in [-0.1, -0.05) is 25.3 Å². The SMILES string of the molecule is COCCOC1CN(C2CCN(C(=O)c3cccc(C#N)c3)CC2)C12CCCCC2. The van der Waals surface area contributed by atoms with E-state index in [2.05, 4.69) is 11.0 Å². The fraction of sp³-hybridized carbons (Fsp3) is 0.667. The van der Waals surface area contributed by atoms with Crippen LogP contribution in [0, 0.1) is 11.3 Å². The third kappa shape index (κ3) is 4.12. The molecule has 2 aliphatic heterocycles. The van der Waals surface area contributed by atoms with Crippen LogP contribution >= 0.6 is 0 Å². The Balaban J connectivity index is 1.36. The summed E-state index contributed by atoms with van der Waals surface area (Å²) < 4.78 is 11.4. The summed E-state index contributed by atoms with van der Waals surface area (Å²) in [5, 5.41) is 9.10. The second kappa shape index (κ2) is 9.47. The summed E-state index contributed by atoms with van der Waals surface area (Å²) in [5.41, 5.74) is 1.35. The Bertz CT molecular complexity index is 776. The van der Waals surface area contributed by atoms with Crippen LogP contribution in [-0.4, -0.2) is 73.3 Å². The molecule has 1 aliphatic carbocycles. The minimum Gasteiger partial charge on any atom is -0.382 e. The van der Waals surface area contributed by atoms with Gasteiger partial charge in [-0.25, -0.2) is 0 Å². The standard InChI is InChI=1S/C24H33N3O3/c1-29-14-15-30-22-18-27(24(22)10-3-2-4-11-24)21-8-12-26(13-9-21)23(28)20-7-5-6-19(16-20)17-25/h5-7,16,21-22H,2-4,8-15,18H2,1H3. The molecule has 6 heteroatoms. The van der Waals surface area contributed by atoms with Crippen molar-refractivity contribution < 1.29 is 14.3 Å². The molecular formula is C24H33N3O3. The average Bonchev–Trinajstić information content (AvgIpc) is 2.81. The van der Waals surface area contributed by atoms with E-state index in [1.54, 1.807) is 25.3 Å². The molecule has 30 heavy (non-hydrogen) atoms. The predicted octanol–water partition coefficient (Wildman–Crippen LogP) is 3.21. The van der Waals surface area contributed by atoms with E-state index in [-0.39, 0.29) is 11.4 Å². The minimum absolute atomic E-state index is 0.0438. The molecule has 162 valence electrons. The van der Waals surface area contributed by atoms with Crippen LogP contribution in [0.4, 0.5) is 0 Å². The first kappa shape index (κ1) is 21.3. The van der Waals surface area contributed by atoms with Crippen LogP contribution < -0.4 is 0 Å². The lowest BCUT2D eigenvalue weighted by atomic mass is 9.69. The molecule has 1 aromatic carbocycles. The van der Waals surface area contributed by atoms with Gasteiger partial charge in [-0.05, 0) is 43.9 Å². The highest BCUT2D eigenvalue weighted by molar-refractivity contribution is 5.94. The summed E-state index contributed by atoms with van der Waals surface area (Å²) in [5.74, 6) is 0.0438. The van der Waals surface area contributed by atoms with Crippen LogP contribution in [0.3, 0.4) is 0 Å². The highest BCUT2D eigenvalue weighted by Crippen LogP contribution is 2.47. The van der Waals surface area contributed by atoms with E-state index in [1.165, 1.54) is 32.1 Å². The number of ether oxygens (including phenoxy) is 2. The first-order chi connectivity index (χ1) is 14.7. The van der Waals surface area contributed by atoms with E-state index < -0.39 is 0 Å². The van der Waals surface area contributed by atoms with Crippen molar-refractivity contribution in [1.82, 2.24) is 9.80 Å². The number of carbonyl (C=O) groups is 1.